The normalized spacial score (nSPS) is 17.4. The Morgan fingerprint density at radius 2 is 2.18 bits per heavy atom. The molecule has 0 spiro atoms. The van der Waals surface area contributed by atoms with Crippen molar-refractivity contribution in [3.8, 4) is 0 Å². The molecule has 0 atom stereocenters. The van der Waals surface area contributed by atoms with Gasteiger partial charge in [0.25, 0.3) is 5.56 Å². The highest BCUT2D eigenvalue weighted by molar-refractivity contribution is 5.30. The molecule has 1 fully saturated rings. The van der Waals surface area contributed by atoms with E-state index in [1.165, 1.54) is 12.8 Å². The highest BCUT2D eigenvalue weighted by Gasteiger charge is 2.17. The van der Waals surface area contributed by atoms with E-state index < -0.39 is 0 Å². The van der Waals surface area contributed by atoms with Crippen molar-refractivity contribution < 1.29 is 0 Å². The summed E-state index contributed by atoms with van der Waals surface area (Å²) in [5, 5.41) is 0. The molecule has 1 aromatic rings. The first-order valence-corrected chi connectivity index (χ1v) is 6.54. The molecule has 2 heterocycles. The Balaban J connectivity index is 2.17. The lowest BCUT2D eigenvalue weighted by molar-refractivity contribution is 0.434. The summed E-state index contributed by atoms with van der Waals surface area (Å²) >= 11 is 0. The van der Waals surface area contributed by atoms with Gasteiger partial charge < -0.3 is 4.90 Å². The van der Waals surface area contributed by atoms with Crippen molar-refractivity contribution in [2.24, 2.45) is 5.92 Å². The van der Waals surface area contributed by atoms with Crippen molar-refractivity contribution in [1.82, 2.24) is 9.97 Å². The van der Waals surface area contributed by atoms with E-state index in [0.29, 0.717) is 0 Å². The van der Waals surface area contributed by atoms with Crippen LogP contribution in [0.25, 0.3) is 0 Å². The summed E-state index contributed by atoms with van der Waals surface area (Å²) in [5.74, 6) is 1.55. The van der Waals surface area contributed by atoms with E-state index in [9.17, 15) is 4.79 Å². The first-order valence-electron chi connectivity index (χ1n) is 6.54. The second-order valence-corrected chi connectivity index (χ2v) is 4.98. The minimum absolute atomic E-state index is 0.0305. The maximum Gasteiger partial charge on any atom is 0.252 e. The minimum atomic E-state index is -0.0305. The number of hydrogen-bond donors (Lipinski definition) is 1. The Kier molecular flexibility index (Phi) is 3.82. The van der Waals surface area contributed by atoms with Gasteiger partial charge in [0, 0.05) is 24.8 Å². The van der Waals surface area contributed by atoms with Crippen molar-refractivity contribution >= 4 is 5.95 Å². The predicted molar refractivity (Wildman–Crippen MR) is 69.5 cm³/mol. The second-order valence-electron chi connectivity index (χ2n) is 4.98. The maximum absolute atomic E-state index is 11.6. The highest BCUT2D eigenvalue weighted by atomic mass is 16.1. The number of hydrogen-bond acceptors (Lipinski definition) is 3. The summed E-state index contributed by atoms with van der Waals surface area (Å²) in [6.45, 7) is 6.38. The SMILES string of the molecule is CCCc1cc(=O)[nH]c(N2CCC(C)CC2)n1. The quantitative estimate of drug-likeness (QED) is 0.871. The van der Waals surface area contributed by atoms with Crippen LogP contribution in [0, 0.1) is 5.92 Å². The molecule has 2 rings (SSSR count). The summed E-state index contributed by atoms with van der Waals surface area (Å²) in [6, 6.07) is 1.61. The molecule has 0 aliphatic carbocycles. The van der Waals surface area contributed by atoms with Crippen molar-refractivity contribution in [3.05, 3.63) is 22.1 Å². The van der Waals surface area contributed by atoms with Crippen LogP contribution in [0.4, 0.5) is 5.95 Å². The molecule has 0 radical (unpaired) electrons. The second kappa shape index (κ2) is 5.34. The van der Waals surface area contributed by atoms with Crippen molar-refractivity contribution in [2.45, 2.75) is 39.5 Å². The summed E-state index contributed by atoms with van der Waals surface area (Å²) < 4.78 is 0. The van der Waals surface area contributed by atoms with Crippen LogP contribution in [-0.2, 0) is 6.42 Å². The molecule has 4 nitrogen and oxygen atoms in total. The van der Waals surface area contributed by atoms with E-state index in [0.717, 1.165) is 43.5 Å². The van der Waals surface area contributed by atoms with E-state index in [1.54, 1.807) is 6.07 Å². The molecule has 1 aromatic heterocycles. The maximum atomic E-state index is 11.6. The van der Waals surface area contributed by atoms with E-state index >= 15 is 0 Å². The number of rotatable bonds is 3. The van der Waals surface area contributed by atoms with E-state index in [-0.39, 0.29) is 5.56 Å². The molecule has 0 aromatic carbocycles. The third-order valence-corrected chi connectivity index (χ3v) is 3.37. The van der Waals surface area contributed by atoms with Crippen LogP contribution >= 0.6 is 0 Å². The number of piperidine rings is 1. The van der Waals surface area contributed by atoms with Gasteiger partial charge in [-0.15, -0.1) is 0 Å². The van der Waals surface area contributed by atoms with Crippen LogP contribution in [0.2, 0.25) is 0 Å². The molecule has 17 heavy (non-hydrogen) atoms. The average Bonchev–Trinajstić information content (AvgIpc) is 2.29. The molecule has 1 N–H and O–H groups in total. The Labute approximate surface area is 102 Å². The summed E-state index contributed by atoms with van der Waals surface area (Å²) in [4.78, 5) is 21.2. The molecule has 1 saturated heterocycles. The number of nitrogens with one attached hydrogen (secondary N) is 1. The largest absolute Gasteiger partial charge is 0.342 e. The fourth-order valence-corrected chi connectivity index (χ4v) is 2.25. The number of aromatic amines is 1. The van der Waals surface area contributed by atoms with Gasteiger partial charge >= 0.3 is 0 Å². The molecule has 1 aliphatic heterocycles. The number of anilines is 1. The lowest BCUT2D eigenvalue weighted by Gasteiger charge is -2.30. The number of aromatic nitrogens is 2. The number of nitrogens with zero attached hydrogens (tertiary/aromatic N) is 2. The molecule has 0 unspecified atom stereocenters. The third-order valence-electron chi connectivity index (χ3n) is 3.37. The fraction of sp³-hybridized carbons (Fsp3) is 0.692. The van der Waals surface area contributed by atoms with Crippen LogP contribution in [0.1, 0.15) is 38.8 Å². The topological polar surface area (TPSA) is 49.0 Å². The van der Waals surface area contributed by atoms with Crippen LogP contribution in [-0.4, -0.2) is 23.1 Å². The van der Waals surface area contributed by atoms with Gasteiger partial charge in [0.1, 0.15) is 0 Å². The zero-order valence-electron chi connectivity index (χ0n) is 10.7. The Bertz CT molecular complexity index is 419. The van der Waals surface area contributed by atoms with Gasteiger partial charge in [-0.1, -0.05) is 20.3 Å². The number of H-pyrrole nitrogens is 1. The summed E-state index contributed by atoms with van der Waals surface area (Å²) in [7, 11) is 0. The van der Waals surface area contributed by atoms with E-state index in [4.69, 9.17) is 0 Å². The molecular formula is C13H21N3O. The Morgan fingerprint density at radius 3 is 2.82 bits per heavy atom. The Morgan fingerprint density at radius 1 is 1.47 bits per heavy atom. The predicted octanol–water partition coefficient (Wildman–Crippen LogP) is 1.96. The summed E-state index contributed by atoms with van der Waals surface area (Å²) in [5.41, 5.74) is 0.877. The van der Waals surface area contributed by atoms with Gasteiger partial charge in [0.15, 0.2) is 0 Å². The molecule has 1 aliphatic rings. The molecule has 0 bridgehead atoms. The van der Waals surface area contributed by atoms with Gasteiger partial charge in [-0.05, 0) is 25.2 Å². The minimum Gasteiger partial charge on any atom is -0.342 e. The lowest BCUT2D eigenvalue weighted by atomic mass is 10.00. The monoisotopic (exact) mass is 235 g/mol. The Hall–Kier alpha value is -1.32. The van der Waals surface area contributed by atoms with Crippen molar-refractivity contribution in [2.75, 3.05) is 18.0 Å². The van der Waals surface area contributed by atoms with Gasteiger partial charge in [-0.2, -0.15) is 0 Å². The standard InChI is InChI=1S/C13H21N3O/c1-3-4-11-9-12(17)15-13(14-11)16-7-5-10(2)6-8-16/h9-10H,3-8H2,1-2H3,(H,14,15,17). The van der Waals surface area contributed by atoms with Gasteiger partial charge in [-0.25, -0.2) is 4.98 Å². The molecule has 4 heteroatoms. The van der Waals surface area contributed by atoms with Gasteiger partial charge in [0.05, 0.1) is 0 Å². The molecular weight excluding hydrogens is 214 g/mol. The first kappa shape index (κ1) is 12.1. The van der Waals surface area contributed by atoms with E-state index in [1.807, 2.05) is 0 Å². The zero-order chi connectivity index (χ0) is 12.3. The highest BCUT2D eigenvalue weighted by Crippen LogP contribution is 2.19. The van der Waals surface area contributed by atoms with E-state index in [2.05, 4.69) is 28.7 Å². The molecule has 0 saturated carbocycles. The van der Waals surface area contributed by atoms with Crippen LogP contribution < -0.4 is 10.5 Å². The average molecular weight is 235 g/mol. The lowest BCUT2D eigenvalue weighted by Crippen LogP contribution is -2.35. The first-order chi connectivity index (χ1) is 8.19. The fourth-order valence-electron chi connectivity index (χ4n) is 2.25. The van der Waals surface area contributed by atoms with Crippen LogP contribution in [0.5, 0.6) is 0 Å². The van der Waals surface area contributed by atoms with Gasteiger partial charge in [-0.3, -0.25) is 9.78 Å². The van der Waals surface area contributed by atoms with Gasteiger partial charge in [0.2, 0.25) is 5.95 Å². The zero-order valence-corrected chi connectivity index (χ0v) is 10.7. The number of aryl methyl sites for hydroxylation is 1. The van der Waals surface area contributed by atoms with Crippen molar-refractivity contribution in [3.63, 3.8) is 0 Å². The summed E-state index contributed by atoms with van der Waals surface area (Å²) in [6.07, 6.45) is 4.26. The smallest absolute Gasteiger partial charge is 0.252 e. The van der Waals surface area contributed by atoms with Crippen LogP contribution in [0.15, 0.2) is 10.9 Å². The van der Waals surface area contributed by atoms with Crippen molar-refractivity contribution in [1.29, 1.82) is 0 Å². The molecule has 94 valence electrons. The van der Waals surface area contributed by atoms with Crippen LogP contribution in [0.3, 0.4) is 0 Å². The third kappa shape index (κ3) is 3.08. The molecule has 0 amide bonds.